The number of nitrogens with zero attached hydrogens (tertiary/aromatic N) is 1. The Morgan fingerprint density at radius 2 is 1.95 bits per heavy atom. The molecule has 0 aliphatic rings. The van der Waals surface area contributed by atoms with E-state index in [0.29, 0.717) is 11.3 Å². The van der Waals surface area contributed by atoms with Gasteiger partial charge in [0.1, 0.15) is 5.52 Å². The number of pyridine rings is 1. The monoisotopic (exact) mass is 269 g/mol. The van der Waals surface area contributed by atoms with Gasteiger partial charge in [0.2, 0.25) is 0 Å². The summed E-state index contributed by atoms with van der Waals surface area (Å²) >= 11 is 0. The lowest BCUT2D eigenvalue weighted by molar-refractivity contribution is -0.136. The molecule has 100 valence electrons. The molecule has 0 unspecified atom stereocenters. The summed E-state index contributed by atoms with van der Waals surface area (Å²) in [7, 11) is 0. The van der Waals surface area contributed by atoms with Gasteiger partial charge < -0.3 is 5.11 Å². The number of rotatable bonds is 3. The van der Waals surface area contributed by atoms with Crippen LogP contribution < -0.4 is 0 Å². The van der Waals surface area contributed by atoms with E-state index in [1.54, 1.807) is 13.0 Å². The van der Waals surface area contributed by atoms with E-state index in [4.69, 9.17) is 5.11 Å². The number of hydrogen-bond acceptors (Lipinski definition) is 2. The fraction of sp³-hybridized carbons (Fsp3) is 0.231. The van der Waals surface area contributed by atoms with Gasteiger partial charge in [0, 0.05) is 17.5 Å². The van der Waals surface area contributed by atoms with Gasteiger partial charge in [-0.2, -0.15) is 0 Å². The van der Waals surface area contributed by atoms with Gasteiger partial charge in [-0.15, -0.1) is 0 Å². The number of hydrogen-bond donors (Lipinski definition) is 1. The van der Waals surface area contributed by atoms with Crippen LogP contribution in [0.1, 0.15) is 17.7 Å². The van der Waals surface area contributed by atoms with Crippen molar-refractivity contribution in [3.63, 3.8) is 0 Å². The first kappa shape index (κ1) is 13.3. The Morgan fingerprint density at radius 1 is 1.26 bits per heavy atom. The fourth-order valence-corrected chi connectivity index (χ4v) is 1.86. The third kappa shape index (κ3) is 2.52. The molecule has 19 heavy (non-hydrogen) atoms. The van der Waals surface area contributed by atoms with Crippen molar-refractivity contribution in [2.75, 3.05) is 0 Å². The standard InChI is InChI=1S/C13H10F3NO2/c1-6-4-7(2-3-10(18)19)17-13-8(6)5-9(14)11(15)12(13)16/h4-5H,2-3H2,1H3,(H,18,19). The van der Waals surface area contributed by atoms with Crippen LogP contribution in [0.25, 0.3) is 10.9 Å². The van der Waals surface area contributed by atoms with Crippen LogP contribution in [0.2, 0.25) is 0 Å². The predicted octanol–water partition coefficient (Wildman–Crippen LogP) is 2.98. The third-order valence-corrected chi connectivity index (χ3v) is 2.79. The second-order valence-electron chi connectivity index (χ2n) is 4.21. The van der Waals surface area contributed by atoms with Gasteiger partial charge in [-0.05, 0) is 24.6 Å². The van der Waals surface area contributed by atoms with Crippen LogP contribution in [-0.4, -0.2) is 16.1 Å². The molecule has 6 heteroatoms. The first-order valence-electron chi connectivity index (χ1n) is 5.55. The van der Waals surface area contributed by atoms with E-state index in [1.165, 1.54) is 0 Å². The summed E-state index contributed by atoms with van der Waals surface area (Å²) in [6, 6.07) is 2.43. The van der Waals surface area contributed by atoms with E-state index < -0.39 is 23.4 Å². The van der Waals surface area contributed by atoms with Crippen molar-refractivity contribution in [1.29, 1.82) is 0 Å². The number of aromatic nitrogens is 1. The van der Waals surface area contributed by atoms with Crippen LogP contribution in [0.5, 0.6) is 0 Å². The molecular formula is C13H10F3NO2. The van der Waals surface area contributed by atoms with Crippen LogP contribution in [-0.2, 0) is 11.2 Å². The maximum Gasteiger partial charge on any atom is 0.303 e. The van der Waals surface area contributed by atoms with Crippen molar-refractivity contribution in [1.82, 2.24) is 4.98 Å². The highest BCUT2D eigenvalue weighted by molar-refractivity contribution is 5.83. The topological polar surface area (TPSA) is 50.2 Å². The van der Waals surface area contributed by atoms with Gasteiger partial charge in [-0.25, -0.2) is 18.2 Å². The Balaban J connectivity index is 2.58. The number of carboxylic acids is 1. The highest BCUT2D eigenvalue weighted by atomic mass is 19.2. The molecule has 2 rings (SSSR count). The Hall–Kier alpha value is -2.11. The molecule has 3 nitrogen and oxygen atoms in total. The summed E-state index contributed by atoms with van der Waals surface area (Å²) in [5.74, 6) is -5.21. The molecule has 1 aromatic heterocycles. The largest absolute Gasteiger partial charge is 0.481 e. The molecule has 0 spiro atoms. The van der Waals surface area contributed by atoms with Gasteiger partial charge in [0.15, 0.2) is 17.5 Å². The highest BCUT2D eigenvalue weighted by Gasteiger charge is 2.16. The maximum atomic E-state index is 13.6. The lowest BCUT2D eigenvalue weighted by atomic mass is 10.1. The van der Waals surface area contributed by atoms with Gasteiger partial charge >= 0.3 is 5.97 Å². The molecule has 0 radical (unpaired) electrons. The molecule has 0 saturated carbocycles. The first-order chi connectivity index (χ1) is 8.90. The number of carbonyl (C=O) groups is 1. The van der Waals surface area contributed by atoms with E-state index in [9.17, 15) is 18.0 Å². The zero-order valence-electron chi connectivity index (χ0n) is 10.0. The molecule has 0 aliphatic heterocycles. The van der Waals surface area contributed by atoms with E-state index in [0.717, 1.165) is 6.07 Å². The quantitative estimate of drug-likeness (QED) is 0.871. The van der Waals surface area contributed by atoms with Crippen LogP contribution in [0, 0.1) is 24.4 Å². The molecule has 0 aliphatic carbocycles. The maximum absolute atomic E-state index is 13.6. The molecule has 2 aromatic rings. The van der Waals surface area contributed by atoms with Gasteiger partial charge in [-0.3, -0.25) is 4.79 Å². The summed E-state index contributed by atoms with van der Waals surface area (Å²) in [6.07, 6.45) is -0.0617. The summed E-state index contributed by atoms with van der Waals surface area (Å²) in [5, 5.41) is 8.76. The summed E-state index contributed by atoms with van der Waals surface area (Å²) in [5.41, 5.74) is 0.569. The normalized spacial score (nSPS) is 10.9. The van der Waals surface area contributed by atoms with Crippen molar-refractivity contribution in [3.05, 3.63) is 40.8 Å². The number of fused-ring (bicyclic) bond motifs is 1. The number of aliphatic carboxylic acids is 1. The molecule has 1 heterocycles. The van der Waals surface area contributed by atoms with E-state index in [2.05, 4.69) is 4.98 Å². The second-order valence-corrected chi connectivity index (χ2v) is 4.21. The third-order valence-electron chi connectivity index (χ3n) is 2.79. The summed E-state index contributed by atoms with van der Waals surface area (Å²) < 4.78 is 39.9. The minimum absolute atomic E-state index is 0.102. The van der Waals surface area contributed by atoms with Crippen molar-refractivity contribution < 1.29 is 23.1 Å². The van der Waals surface area contributed by atoms with E-state index in [1.807, 2.05) is 0 Å². The Morgan fingerprint density at radius 3 is 2.58 bits per heavy atom. The van der Waals surface area contributed by atoms with Crippen molar-refractivity contribution in [2.45, 2.75) is 19.8 Å². The molecule has 1 aromatic carbocycles. The number of benzene rings is 1. The SMILES string of the molecule is Cc1cc(CCC(=O)O)nc2c(F)c(F)c(F)cc12. The summed E-state index contributed by atoms with van der Waals surface area (Å²) in [6.45, 7) is 1.60. The molecule has 0 saturated heterocycles. The van der Waals surface area contributed by atoms with Crippen LogP contribution in [0.15, 0.2) is 12.1 Å². The predicted molar refractivity (Wildman–Crippen MR) is 62.3 cm³/mol. The summed E-state index contributed by atoms with van der Waals surface area (Å²) in [4.78, 5) is 14.3. The fourth-order valence-electron chi connectivity index (χ4n) is 1.86. The van der Waals surface area contributed by atoms with Gasteiger partial charge in [0.25, 0.3) is 0 Å². The molecular weight excluding hydrogens is 259 g/mol. The Kier molecular flexibility index (Phi) is 3.42. The second kappa shape index (κ2) is 4.87. The minimum atomic E-state index is -1.57. The number of halogens is 3. The van der Waals surface area contributed by atoms with Gasteiger partial charge in [-0.1, -0.05) is 0 Å². The average molecular weight is 269 g/mol. The van der Waals surface area contributed by atoms with Crippen LogP contribution in [0.4, 0.5) is 13.2 Å². The lowest BCUT2D eigenvalue weighted by Gasteiger charge is -2.07. The molecule has 0 bridgehead atoms. The zero-order chi connectivity index (χ0) is 14.2. The average Bonchev–Trinajstić information content (AvgIpc) is 2.35. The van der Waals surface area contributed by atoms with E-state index >= 15 is 0 Å². The van der Waals surface area contributed by atoms with E-state index in [-0.39, 0.29) is 23.7 Å². The highest BCUT2D eigenvalue weighted by Crippen LogP contribution is 2.25. The number of carboxylic acid groups (broad SMARTS) is 1. The zero-order valence-corrected chi connectivity index (χ0v) is 10.0. The Bertz CT molecular complexity index is 671. The van der Waals surface area contributed by atoms with Crippen molar-refractivity contribution >= 4 is 16.9 Å². The van der Waals surface area contributed by atoms with Crippen LogP contribution >= 0.6 is 0 Å². The molecule has 0 fully saturated rings. The molecule has 0 atom stereocenters. The number of aryl methyl sites for hydroxylation is 2. The lowest BCUT2D eigenvalue weighted by Crippen LogP contribution is -2.02. The van der Waals surface area contributed by atoms with Crippen molar-refractivity contribution in [3.8, 4) is 0 Å². The molecule has 1 N–H and O–H groups in total. The molecule has 0 amide bonds. The van der Waals surface area contributed by atoms with Gasteiger partial charge in [0.05, 0.1) is 6.42 Å². The van der Waals surface area contributed by atoms with Crippen LogP contribution in [0.3, 0.4) is 0 Å². The van der Waals surface area contributed by atoms with Crippen molar-refractivity contribution in [2.24, 2.45) is 0 Å². The first-order valence-corrected chi connectivity index (χ1v) is 5.55. The Labute approximate surface area is 106 Å². The minimum Gasteiger partial charge on any atom is -0.481 e. The smallest absolute Gasteiger partial charge is 0.303 e.